The molecule has 0 aromatic rings. The molecule has 0 aliphatic heterocycles. The van der Waals surface area contributed by atoms with E-state index < -0.39 is 7.51 Å². The summed E-state index contributed by atoms with van der Waals surface area (Å²) < 4.78 is 10.8. The number of nitrogens with zero attached hydrogens (tertiary/aromatic N) is 3. The van der Waals surface area contributed by atoms with Crippen molar-refractivity contribution in [2.75, 3.05) is 42.3 Å². The smallest absolute Gasteiger partial charge is 0.230 e. The maximum Gasteiger partial charge on any atom is 0.309 e. The molecule has 1 N–H and O–H groups in total. The second-order valence-electron chi connectivity index (χ2n) is 5.46. The SMILES string of the molecule is CCC(C)(C)[NH+]=P(N(C)C)(N(C)C)N(C)C. The standard InChI is InChI=1S/C11H29N4P/c1-10-11(2,3)12-16(13(4)5,14(6)7)15(8)9/h10H2,1-9H3/p+1. The summed E-state index contributed by atoms with van der Waals surface area (Å²) in [5.74, 6) is 0. The van der Waals surface area contributed by atoms with Crippen molar-refractivity contribution in [3.63, 3.8) is 0 Å². The maximum atomic E-state index is 3.84. The van der Waals surface area contributed by atoms with Crippen LogP contribution in [0.5, 0.6) is 0 Å². The van der Waals surface area contributed by atoms with E-state index in [1.54, 1.807) is 0 Å². The molecular weight excluding hydrogens is 219 g/mol. The summed E-state index contributed by atoms with van der Waals surface area (Å²) in [6.45, 7) is 6.75. The molecule has 0 aliphatic carbocycles. The molecule has 0 radical (unpaired) electrons. The van der Waals surface area contributed by atoms with Crippen molar-refractivity contribution in [2.24, 2.45) is 0 Å². The van der Waals surface area contributed by atoms with Gasteiger partial charge in [0.2, 0.25) is 0 Å². The van der Waals surface area contributed by atoms with Gasteiger partial charge < -0.3 is 0 Å². The topological polar surface area (TPSA) is 23.7 Å². The Morgan fingerprint density at radius 2 is 1.19 bits per heavy atom. The van der Waals surface area contributed by atoms with Gasteiger partial charge in [0, 0.05) is 6.42 Å². The molecule has 4 nitrogen and oxygen atoms in total. The first-order valence-electron chi connectivity index (χ1n) is 5.82. The van der Waals surface area contributed by atoms with Crippen LogP contribution in [0.2, 0.25) is 0 Å². The average molecular weight is 249 g/mol. The second kappa shape index (κ2) is 5.63. The predicted octanol–water partition coefficient (Wildman–Crippen LogP) is 0.887. The minimum absolute atomic E-state index is 0.145. The highest BCUT2D eigenvalue weighted by Gasteiger charge is 2.38. The molecule has 0 rings (SSSR count). The van der Waals surface area contributed by atoms with Crippen LogP contribution in [0.3, 0.4) is 0 Å². The minimum atomic E-state index is -1.60. The van der Waals surface area contributed by atoms with Crippen molar-refractivity contribution in [3.8, 4) is 0 Å². The largest absolute Gasteiger partial charge is 0.309 e. The quantitative estimate of drug-likeness (QED) is 0.732. The summed E-state index contributed by atoms with van der Waals surface area (Å²) in [4.78, 5) is 0. The van der Waals surface area contributed by atoms with Gasteiger partial charge in [-0.2, -0.15) is 0 Å². The maximum absolute atomic E-state index is 3.84. The van der Waals surface area contributed by atoms with Crippen LogP contribution < -0.4 is 4.74 Å². The van der Waals surface area contributed by atoms with E-state index in [-0.39, 0.29) is 5.54 Å². The molecule has 98 valence electrons. The van der Waals surface area contributed by atoms with Gasteiger partial charge in [-0.1, -0.05) is 6.92 Å². The van der Waals surface area contributed by atoms with Crippen LogP contribution in [0.25, 0.3) is 0 Å². The van der Waals surface area contributed by atoms with Gasteiger partial charge in [-0.3, -0.25) is 0 Å². The molecule has 16 heavy (non-hydrogen) atoms. The summed E-state index contributed by atoms with van der Waals surface area (Å²) in [6.07, 6.45) is 1.12. The van der Waals surface area contributed by atoms with Gasteiger partial charge in [0.25, 0.3) is 0 Å². The molecule has 0 bridgehead atoms. The fraction of sp³-hybridized carbons (Fsp3) is 1.00. The van der Waals surface area contributed by atoms with E-state index in [0.717, 1.165) is 6.42 Å². The van der Waals surface area contributed by atoms with Gasteiger partial charge in [0.05, 0.1) is 0 Å². The Morgan fingerprint density at radius 3 is 1.38 bits per heavy atom. The van der Waals surface area contributed by atoms with Crippen LogP contribution in [0.15, 0.2) is 0 Å². The summed E-state index contributed by atoms with van der Waals surface area (Å²) >= 11 is 0. The van der Waals surface area contributed by atoms with Crippen LogP contribution in [-0.2, 0) is 0 Å². The van der Waals surface area contributed by atoms with Crippen LogP contribution in [-0.4, -0.2) is 61.8 Å². The fourth-order valence-electron chi connectivity index (χ4n) is 1.86. The normalized spacial score (nSPS) is 14.0. The lowest BCUT2D eigenvalue weighted by Gasteiger charge is -2.37. The molecular formula is C11H30N4P+. The number of nitrogens with one attached hydrogen (secondary N) is 1. The lowest BCUT2D eigenvalue weighted by atomic mass is 10.1. The molecule has 5 heteroatoms. The second-order valence-corrected chi connectivity index (χ2v) is 9.22. The van der Waals surface area contributed by atoms with E-state index in [4.69, 9.17) is 0 Å². The van der Waals surface area contributed by atoms with Crippen molar-refractivity contribution in [3.05, 3.63) is 0 Å². The molecule has 0 spiro atoms. The Hall–Kier alpha value is 0.110. The van der Waals surface area contributed by atoms with Crippen LogP contribution in [0.4, 0.5) is 0 Å². The number of rotatable bonds is 5. The Balaban J connectivity index is 5.72. The molecule has 0 aromatic heterocycles. The molecule has 0 amide bonds. The minimum Gasteiger partial charge on any atom is -0.230 e. The average Bonchev–Trinajstić information content (AvgIpc) is 2.12. The van der Waals surface area contributed by atoms with Crippen LogP contribution in [0, 0.1) is 0 Å². The van der Waals surface area contributed by atoms with Crippen molar-refractivity contribution in [2.45, 2.75) is 32.7 Å². The van der Waals surface area contributed by atoms with E-state index in [1.807, 2.05) is 0 Å². The Bertz CT molecular complexity index is 241. The van der Waals surface area contributed by atoms with Crippen molar-refractivity contribution in [1.29, 1.82) is 0 Å². The lowest BCUT2D eigenvalue weighted by Crippen LogP contribution is -2.83. The summed E-state index contributed by atoms with van der Waals surface area (Å²) in [5, 5.41) is 0. The van der Waals surface area contributed by atoms with Crippen molar-refractivity contribution < 1.29 is 4.74 Å². The van der Waals surface area contributed by atoms with Gasteiger partial charge in [-0.15, -0.1) is 0 Å². The monoisotopic (exact) mass is 249 g/mol. The first-order chi connectivity index (χ1) is 7.10. The molecule has 0 unspecified atom stereocenters. The zero-order valence-corrected chi connectivity index (χ0v) is 13.4. The predicted molar refractivity (Wildman–Crippen MR) is 73.3 cm³/mol. The summed E-state index contributed by atoms with van der Waals surface area (Å²) in [6, 6.07) is 0. The number of hydrogen-bond donors (Lipinski definition) is 1. The molecule has 0 atom stereocenters. The van der Waals surface area contributed by atoms with E-state index >= 15 is 0 Å². The summed E-state index contributed by atoms with van der Waals surface area (Å²) in [7, 11) is 11.3. The van der Waals surface area contributed by atoms with Gasteiger partial charge >= 0.3 is 7.51 Å². The molecule has 0 saturated carbocycles. The highest BCUT2D eigenvalue weighted by atomic mass is 31.2. The third-order valence-corrected chi connectivity index (χ3v) is 7.26. The molecule has 0 aromatic carbocycles. The molecule has 0 aliphatic rings. The van der Waals surface area contributed by atoms with Crippen LogP contribution >= 0.6 is 7.51 Å². The molecule has 0 saturated heterocycles. The first kappa shape index (κ1) is 16.1. The Morgan fingerprint density at radius 1 is 0.875 bits per heavy atom. The number of hydrogen-bond acceptors (Lipinski definition) is 0. The third-order valence-electron chi connectivity index (χ3n) is 3.01. The third kappa shape index (κ3) is 3.30. The Labute approximate surface area is 102 Å². The van der Waals surface area contributed by atoms with Gasteiger partial charge in [0.1, 0.15) is 0 Å². The highest BCUT2D eigenvalue weighted by Crippen LogP contribution is 2.47. The fourth-order valence-corrected chi connectivity index (χ4v) is 5.58. The summed E-state index contributed by atoms with van der Waals surface area (Å²) in [5.41, 5.74) is 0.145. The zero-order chi connectivity index (χ0) is 13.1. The van der Waals surface area contributed by atoms with Gasteiger partial charge in [-0.25, -0.2) is 18.8 Å². The van der Waals surface area contributed by atoms with E-state index in [9.17, 15) is 0 Å². The van der Waals surface area contributed by atoms with E-state index in [2.05, 4.69) is 81.8 Å². The molecule has 0 heterocycles. The lowest BCUT2D eigenvalue weighted by molar-refractivity contribution is -0.533. The van der Waals surface area contributed by atoms with Gasteiger partial charge in [0.15, 0.2) is 5.54 Å². The highest BCUT2D eigenvalue weighted by molar-refractivity contribution is 7.56. The molecule has 0 fully saturated rings. The van der Waals surface area contributed by atoms with E-state index in [1.165, 1.54) is 0 Å². The Kier molecular flexibility index (Phi) is 5.67. The van der Waals surface area contributed by atoms with Crippen molar-refractivity contribution >= 4 is 7.51 Å². The van der Waals surface area contributed by atoms with Crippen LogP contribution in [0.1, 0.15) is 27.2 Å². The first-order valence-corrected chi connectivity index (χ1v) is 7.46. The van der Waals surface area contributed by atoms with Gasteiger partial charge in [-0.05, 0) is 56.1 Å². The zero-order valence-electron chi connectivity index (χ0n) is 12.5. The van der Waals surface area contributed by atoms with Crippen molar-refractivity contribution in [1.82, 2.24) is 14.0 Å². The van der Waals surface area contributed by atoms with E-state index in [0.29, 0.717) is 0 Å².